The van der Waals surface area contributed by atoms with Crippen molar-refractivity contribution >= 4 is 33.1 Å². The average Bonchev–Trinajstić information content (AvgIpc) is 2.67. The number of para-hydroxylation sites is 1. The highest BCUT2D eigenvalue weighted by molar-refractivity contribution is 9.10. The molecule has 7 heteroatoms. The van der Waals surface area contributed by atoms with E-state index < -0.39 is 0 Å². The molecule has 2 heterocycles. The van der Waals surface area contributed by atoms with Crippen LogP contribution in [0.5, 0.6) is 17.2 Å². The van der Waals surface area contributed by atoms with Crippen molar-refractivity contribution in [1.29, 1.82) is 0 Å². The van der Waals surface area contributed by atoms with Gasteiger partial charge in [-0.1, -0.05) is 40.3 Å². The SMILES string of the molecule is CCOc1cccc2c1OC1NC(c3cc(Br)ccc3OC)NC(=S)C1C2. The molecule has 2 aromatic rings. The summed E-state index contributed by atoms with van der Waals surface area (Å²) in [4.78, 5) is 0.790. The molecule has 0 saturated carbocycles. The molecule has 0 spiro atoms. The fourth-order valence-electron chi connectivity index (χ4n) is 3.61. The molecule has 2 aromatic carbocycles. The smallest absolute Gasteiger partial charge is 0.166 e. The lowest BCUT2D eigenvalue weighted by molar-refractivity contribution is 0.0757. The minimum Gasteiger partial charge on any atom is -0.496 e. The first-order valence-electron chi connectivity index (χ1n) is 8.92. The van der Waals surface area contributed by atoms with E-state index in [0.717, 1.165) is 44.3 Å². The van der Waals surface area contributed by atoms with Crippen LogP contribution in [0.2, 0.25) is 0 Å². The van der Waals surface area contributed by atoms with Gasteiger partial charge in [-0.05, 0) is 43.2 Å². The highest BCUT2D eigenvalue weighted by atomic mass is 79.9. The Hall–Kier alpha value is -1.83. The molecule has 4 rings (SSSR count). The molecule has 3 atom stereocenters. The second kappa shape index (κ2) is 7.66. The van der Waals surface area contributed by atoms with Crippen molar-refractivity contribution in [2.45, 2.75) is 25.7 Å². The topological polar surface area (TPSA) is 51.8 Å². The second-order valence-corrected chi connectivity index (χ2v) is 7.88. The van der Waals surface area contributed by atoms with Crippen LogP contribution in [0.3, 0.4) is 0 Å². The largest absolute Gasteiger partial charge is 0.496 e. The number of rotatable bonds is 4. The predicted molar refractivity (Wildman–Crippen MR) is 112 cm³/mol. The van der Waals surface area contributed by atoms with Gasteiger partial charge in [-0.15, -0.1) is 0 Å². The van der Waals surface area contributed by atoms with Gasteiger partial charge in [-0.25, -0.2) is 0 Å². The Labute approximate surface area is 172 Å². The minimum absolute atomic E-state index is 0.0683. The van der Waals surface area contributed by atoms with Crippen LogP contribution in [-0.2, 0) is 6.42 Å². The molecular formula is C20H21BrN2O3S. The van der Waals surface area contributed by atoms with Gasteiger partial charge in [-0.3, -0.25) is 5.32 Å². The Kier molecular flexibility index (Phi) is 5.25. The molecule has 0 amide bonds. The second-order valence-electron chi connectivity index (χ2n) is 6.52. The molecule has 0 aromatic heterocycles. The molecule has 2 N–H and O–H groups in total. The minimum atomic E-state index is -0.235. The summed E-state index contributed by atoms with van der Waals surface area (Å²) in [5.74, 6) is 2.43. The fourth-order valence-corrected chi connectivity index (χ4v) is 4.32. The van der Waals surface area contributed by atoms with Gasteiger partial charge in [0, 0.05) is 10.0 Å². The first kappa shape index (κ1) is 18.5. The van der Waals surface area contributed by atoms with Crippen LogP contribution in [0.1, 0.15) is 24.2 Å². The van der Waals surface area contributed by atoms with E-state index in [2.05, 4.69) is 32.6 Å². The number of ether oxygens (including phenoxy) is 3. The zero-order chi connectivity index (χ0) is 19.0. The van der Waals surface area contributed by atoms with Crippen molar-refractivity contribution in [1.82, 2.24) is 10.6 Å². The summed E-state index contributed by atoms with van der Waals surface area (Å²) in [6, 6.07) is 11.9. The van der Waals surface area contributed by atoms with Gasteiger partial charge in [0.2, 0.25) is 0 Å². The summed E-state index contributed by atoms with van der Waals surface area (Å²) in [6.07, 6.45) is 0.371. The Morgan fingerprint density at radius 1 is 1.26 bits per heavy atom. The lowest BCUT2D eigenvalue weighted by atomic mass is 9.91. The van der Waals surface area contributed by atoms with Gasteiger partial charge in [0.05, 0.1) is 24.6 Å². The van der Waals surface area contributed by atoms with Crippen molar-refractivity contribution in [3.63, 3.8) is 0 Å². The first-order chi connectivity index (χ1) is 13.1. The molecule has 3 unspecified atom stereocenters. The zero-order valence-corrected chi connectivity index (χ0v) is 17.5. The van der Waals surface area contributed by atoms with Gasteiger partial charge in [0.1, 0.15) is 11.9 Å². The molecule has 27 heavy (non-hydrogen) atoms. The van der Waals surface area contributed by atoms with Crippen molar-refractivity contribution in [2.24, 2.45) is 5.92 Å². The zero-order valence-electron chi connectivity index (χ0n) is 15.1. The number of thiocarbonyl (C=S) groups is 1. The standard InChI is InChI=1S/C20H21BrN2O3S/c1-3-25-16-6-4-5-11-9-14-19(26-17(11)16)22-18(23-20(14)27)13-10-12(21)7-8-15(13)24-2/h4-8,10,14,18-19,22H,3,9H2,1-2H3,(H,23,27). The van der Waals surface area contributed by atoms with E-state index in [1.54, 1.807) is 7.11 Å². The first-order valence-corrected chi connectivity index (χ1v) is 10.1. The van der Waals surface area contributed by atoms with Gasteiger partial charge in [0.25, 0.3) is 0 Å². The monoisotopic (exact) mass is 448 g/mol. The number of hydrogen-bond donors (Lipinski definition) is 2. The van der Waals surface area contributed by atoms with E-state index in [-0.39, 0.29) is 18.3 Å². The van der Waals surface area contributed by atoms with Crippen LogP contribution in [0, 0.1) is 5.92 Å². The lowest BCUT2D eigenvalue weighted by Crippen LogP contribution is -2.60. The van der Waals surface area contributed by atoms with E-state index in [1.807, 2.05) is 37.3 Å². The van der Waals surface area contributed by atoms with Gasteiger partial charge in [-0.2, -0.15) is 0 Å². The van der Waals surface area contributed by atoms with Crippen LogP contribution in [0.25, 0.3) is 0 Å². The van der Waals surface area contributed by atoms with Gasteiger partial charge in [0.15, 0.2) is 17.7 Å². The predicted octanol–water partition coefficient (Wildman–Crippen LogP) is 3.95. The number of hydrogen-bond acceptors (Lipinski definition) is 5. The van der Waals surface area contributed by atoms with Crippen molar-refractivity contribution in [3.8, 4) is 17.2 Å². The molecule has 2 aliphatic rings. The number of methoxy groups -OCH3 is 1. The molecule has 5 nitrogen and oxygen atoms in total. The van der Waals surface area contributed by atoms with Crippen LogP contribution in [0.15, 0.2) is 40.9 Å². The maximum atomic E-state index is 6.33. The van der Waals surface area contributed by atoms with Crippen molar-refractivity contribution < 1.29 is 14.2 Å². The summed E-state index contributed by atoms with van der Waals surface area (Å²) in [5, 5.41) is 6.95. The summed E-state index contributed by atoms with van der Waals surface area (Å²) in [5.41, 5.74) is 2.09. The third-order valence-corrected chi connectivity index (χ3v) is 5.78. The molecule has 2 aliphatic heterocycles. The molecule has 0 radical (unpaired) electrons. The van der Waals surface area contributed by atoms with E-state index in [1.165, 1.54) is 0 Å². The molecule has 142 valence electrons. The molecule has 1 saturated heterocycles. The summed E-state index contributed by atoms with van der Waals surface area (Å²) in [7, 11) is 1.67. The van der Waals surface area contributed by atoms with E-state index >= 15 is 0 Å². The number of nitrogens with one attached hydrogen (secondary N) is 2. The van der Waals surface area contributed by atoms with E-state index in [9.17, 15) is 0 Å². The molecule has 0 aliphatic carbocycles. The van der Waals surface area contributed by atoms with Crippen LogP contribution < -0.4 is 24.8 Å². The van der Waals surface area contributed by atoms with Crippen LogP contribution in [0.4, 0.5) is 0 Å². The Balaban J connectivity index is 1.65. The van der Waals surface area contributed by atoms with Crippen LogP contribution in [-0.4, -0.2) is 24.9 Å². The van der Waals surface area contributed by atoms with Crippen molar-refractivity contribution in [2.75, 3.05) is 13.7 Å². The van der Waals surface area contributed by atoms with Crippen molar-refractivity contribution in [3.05, 3.63) is 52.0 Å². The number of benzene rings is 2. The fraction of sp³-hybridized carbons (Fsp3) is 0.350. The van der Waals surface area contributed by atoms with Gasteiger partial charge >= 0.3 is 0 Å². The highest BCUT2D eigenvalue weighted by Crippen LogP contribution is 2.40. The maximum absolute atomic E-state index is 6.33. The Morgan fingerprint density at radius 2 is 2.11 bits per heavy atom. The number of fused-ring (bicyclic) bond motifs is 2. The summed E-state index contributed by atoms with van der Waals surface area (Å²) in [6.45, 7) is 2.57. The summed E-state index contributed by atoms with van der Waals surface area (Å²) < 4.78 is 18.6. The molecule has 0 bridgehead atoms. The van der Waals surface area contributed by atoms with Crippen LogP contribution >= 0.6 is 28.1 Å². The third kappa shape index (κ3) is 3.51. The maximum Gasteiger partial charge on any atom is 0.166 e. The Bertz CT molecular complexity index is 876. The highest BCUT2D eigenvalue weighted by Gasteiger charge is 2.40. The quantitative estimate of drug-likeness (QED) is 0.690. The average molecular weight is 449 g/mol. The normalized spacial score (nSPS) is 23.5. The summed E-state index contributed by atoms with van der Waals surface area (Å²) >= 11 is 9.22. The molecular weight excluding hydrogens is 428 g/mol. The number of halogens is 1. The third-order valence-electron chi connectivity index (χ3n) is 4.87. The Morgan fingerprint density at radius 3 is 2.89 bits per heavy atom. The van der Waals surface area contributed by atoms with E-state index in [4.69, 9.17) is 26.4 Å². The lowest BCUT2D eigenvalue weighted by Gasteiger charge is -2.42. The molecule has 1 fully saturated rings. The van der Waals surface area contributed by atoms with E-state index in [0.29, 0.717) is 6.61 Å². The van der Waals surface area contributed by atoms with Gasteiger partial charge < -0.3 is 19.5 Å².